The maximum atomic E-state index is 6.08. The van der Waals surface area contributed by atoms with Crippen LogP contribution in [-0.2, 0) is 0 Å². The number of hydrogen-bond donors (Lipinski definition) is 4. The number of H-pyrrole nitrogens is 2. The van der Waals surface area contributed by atoms with Gasteiger partial charge < -0.3 is 21.0 Å². The van der Waals surface area contributed by atoms with Crippen LogP contribution in [0.2, 0.25) is 0 Å². The second-order valence-corrected chi connectivity index (χ2v) is 6.23. The molecule has 0 aliphatic carbocycles. The van der Waals surface area contributed by atoms with E-state index in [1.165, 1.54) is 0 Å². The number of rotatable bonds is 0. The Bertz CT molecular complexity index is 1050. The van der Waals surface area contributed by atoms with Gasteiger partial charge in [-0.05, 0) is 66.3 Å². The van der Waals surface area contributed by atoms with Crippen molar-refractivity contribution in [1.29, 1.82) is 0 Å². The summed E-state index contributed by atoms with van der Waals surface area (Å²) in [5.74, 6) is 0. The molecular formula is C21H20N4. The third-order valence-electron chi connectivity index (χ3n) is 4.10. The Kier molecular flexibility index (Phi) is 3.78. The molecule has 2 aromatic heterocycles. The molecule has 4 rings (SSSR count). The molecule has 0 aromatic carbocycles. The lowest BCUT2D eigenvalue weighted by molar-refractivity contribution is 0.879. The molecule has 0 spiro atoms. The van der Waals surface area contributed by atoms with Crippen molar-refractivity contribution in [3.8, 4) is 0 Å². The average molecular weight is 328 g/mol. The first kappa shape index (κ1) is 15.1. The van der Waals surface area contributed by atoms with Crippen LogP contribution in [0.15, 0.2) is 72.1 Å². The number of nitrogens with one attached hydrogen (secondary N) is 3. The zero-order valence-corrected chi connectivity index (χ0v) is 13.8. The van der Waals surface area contributed by atoms with Crippen molar-refractivity contribution in [2.45, 2.75) is 6.04 Å². The van der Waals surface area contributed by atoms with Gasteiger partial charge in [0.15, 0.2) is 0 Å². The molecule has 4 heterocycles. The SMILES string of the molecule is C=C1/C=C\C(N)=Cc2ccc([nH]2)C=C2C=CC(/C=c3/cc/c([nH]3)=C/1)N2. The van der Waals surface area contributed by atoms with Crippen LogP contribution >= 0.6 is 0 Å². The average Bonchev–Trinajstić information content (AvgIpc) is 3.29. The van der Waals surface area contributed by atoms with Gasteiger partial charge in [-0.25, -0.2) is 0 Å². The van der Waals surface area contributed by atoms with Crippen molar-refractivity contribution in [2.75, 3.05) is 0 Å². The van der Waals surface area contributed by atoms with Gasteiger partial charge in [-0.15, -0.1) is 0 Å². The van der Waals surface area contributed by atoms with E-state index >= 15 is 0 Å². The summed E-state index contributed by atoms with van der Waals surface area (Å²) in [6.45, 7) is 4.06. The zero-order valence-electron chi connectivity index (χ0n) is 13.8. The van der Waals surface area contributed by atoms with Crippen molar-refractivity contribution in [3.63, 3.8) is 0 Å². The molecule has 0 fully saturated rings. The van der Waals surface area contributed by atoms with Gasteiger partial charge in [0.25, 0.3) is 0 Å². The molecule has 0 radical (unpaired) electrons. The lowest BCUT2D eigenvalue weighted by atomic mass is 10.2. The highest BCUT2D eigenvalue weighted by molar-refractivity contribution is 5.61. The van der Waals surface area contributed by atoms with E-state index in [-0.39, 0.29) is 6.04 Å². The van der Waals surface area contributed by atoms with Crippen LogP contribution in [0.4, 0.5) is 0 Å². The van der Waals surface area contributed by atoms with E-state index in [1.807, 2.05) is 42.5 Å². The largest absolute Gasteiger partial charge is 0.399 e. The fourth-order valence-electron chi connectivity index (χ4n) is 2.93. The first-order valence-electron chi connectivity index (χ1n) is 8.22. The zero-order chi connectivity index (χ0) is 17.2. The monoisotopic (exact) mass is 328 g/mol. The minimum absolute atomic E-state index is 0.168. The molecule has 5 N–H and O–H groups in total. The Morgan fingerprint density at radius 1 is 0.840 bits per heavy atom. The van der Waals surface area contributed by atoms with Crippen molar-refractivity contribution in [2.24, 2.45) is 5.73 Å². The van der Waals surface area contributed by atoms with Gasteiger partial charge >= 0.3 is 0 Å². The highest BCUT2D eigenvalue weighted by atomic mass is 14.9. The summed E-state index contributed by atoms with van der Waals surface area (Å²) in [4.78, 5) is 6.73. The fraction of sp³-hybridized carbons (Fsp3) is 0.0476. The standard InChI is InChI=1S/C21H20N4/c1-14-2-3-15(22)11-17-5-7-19(24-17)13-21-9-8-20(25-21)12-18-6-4-16(10-14)23-18/h2-13,20,23-25H,1,22H2/b3-2-,15-11?,16-10-,18-12-,21-13?. The van der Waals surface area contributed by atoms with E-state index in [4.69, 9.17) is 5.73 Å². The van der Waals surface area contributed by atoms with Gasteiger partial charge in [0.2, 0.25) is 0 Å². The Balaban J connectivity index is 1.79. The summed E-state index contributed by atoms with van der Waals surface area (Å²) in [5.41, 5.74) is 10.7. The summed E-state index contributed by atoms with van der Waals surface area (Å²) < 4.78 is 0. The van der Waals surface area contributed by atoms with Gasteiger partial charge in [0, 0.05) is 33.5 Å². The lowest BCUT2D eigenvalue weighted by Crippen LogP contribution is -2.22. The number of nitrogens with two attached hydrogens (primary N) is 1. The van der Waals surface area contributed by atoms with Gasteiger partial charge in [-0.2, -0.15) is 0 Å². The minimum Gasteiger partial charge on any atom is -0.399 e. The highest BCUT2D eigenvalue weighted by Gasteiger charge is 2.09. The predicted molar refractivity (Wildman–Crippen MR) is 104 cm³/mol. The molecule has 0 saturated heterocycles. The van der Waals surface area contributed by atoms with Crippen molar-refractivity contribution in [1.82, 2.24) is 15.3 Å². The lowest BCUT2D eigenvalue weighted by Gasteiger charge is -2.04. The minimum atomic E-state index is 0.168. The van der Waals surface area contributed by atoms with Crippen molar-refractivity contribution in [3.05, 3.63) is 94.2 Å². The molecule has 2 aromatic rings. The molecule has 1 atom stereocenters. The highest BCUT2D eigenvalue weighted by Crippen LogP contribution is 2.14. The fourth-order valence-corrected chi connectivity index (χ4v) is 2.93. The Labute approximate surface area is 146 Å². The number of aromatic amines is 2. The first-order valence-corrected chi connectivity index (χ1v) is 8.22. The number of allylic oxidation sites excluding steroid dienone is 4. The molecule has 1 unspecified atom stereocenters. The molecule has 4 heteroatoms. The molecule has 4 nitrogen and oxygen atoms in total. The molecule has 6 bridgehead atoms. The molecular weight excluding hydrogens is 308 g/mol. The van der Waals surface area contributed by atoms with E-state index in [2.05, 4.69) is 52.2 Å². The third-order valence-corrected chi connectivity index (χ3v) is 4.10. The Hall–Kier alpha value is -3.40. The van der Waals surface area contributed by atoms with Crippen LogP contribution in [-0.4, -0.2) is 16.0 Å². The van der Waals surface area contributed by atoms with Crippen LogP contribution in [0.25, 0.3) is 24.3 Å². The van der Waals surface area contributed by atoms with Gasteiger partial charge in [0.1, 0.15) is 0 Å². The maximum absolute atomic E-state index is 6.08. The summed E-state index contributed by atoms with van der Waals surface area (Å²) in [5, 5.41) is 5.55. The molecule has 2 aliphatic heterocycles. The van der Waals surface area contributed by atoms with Crippen LogP contribution in [0, 0.1) is 0 Å². The topological polar surface area (TPSA) is 69.6 Å². The maximum Gasteiger partial charge on any atom is 0.0655 e. The second kappa shape index (κ2) is 6.24. The summed E-state index contributed by atoms with van der Waals surface area (Å²) >= 11 is 0. The molecule has 25 heavy (non-hydrogen) atoms. The van der Waals surface area contributed by atoms with Crippen LogP contribution in [0.1, 0.15) is 11.4 Å². The molecule has 0 amide bonds. The normalized spacial score (nSPS) is 23.4. The summed E-state index contributed by atoms with van der Waals surface area (Å²) in [6.07, 6.45) is 16.1. The third kappa shape index (κ3) is 3.58. The van der Waals surface area contributed by atoms with Crippen LogP contribution in [0.3, 0.4) is 0 Å². The predicted octanol–water partition coefficient (Wildman–Crippen LogP) is 1.90. The Morgan fingerprint density at radius 3 is 2.52 bits per heavy atom. The Morgan fingerprint density at radius 2 is 1.64 bits per heavy atom. The summed E-state index contributed by atoms with van der Waals surface area (Å²) in [7, 11) is 0. The van der Waals surface area contributed by atoms with E-state index in [0.717, 1.165) is 33.4 Å². The number of hydrogen-bond acceptors (Lipinski definition) is 2. The molecule has 124 valence electrons. The first-order chi connectivity index (χ1) is 12.1. The number of aromatic nitrogens is 2. The van der Waals surface area contributed by atoms with E-state index in [1.54, 1.807) is 0 Å². The van der Waals surface area contributed by atoms with Crippen LogP contribution < -0.4 is 21.7 Å². The molecule has 0 saturated carbocycles. The summed E-state index contributed by atoms with van der Waals surface area (Å²) in [6, 6.07) is 8.33. The van der Waals surface area contributed by atoms with Gasteiger partial charge in [-0.3, -0.25) is 0 Å². The van der Waals surface area contributed by atoms with E-state index in [0.29, 0.717) is 5.70 Å². The molecule has 2 aliphatic rings. The van der Waals surface area contributed by atoms with E-state index < -0.39 is 0 Å². The van der Waals surface area contributed by atoms with Crippen LogP contribution in [0.5, 0.6) is 0 Å². The smallest absolute Gasteiger partial charge is 0.0655 e. The van der Waals surface area contributed by atoms with Crippen molar-refractivity contribution < 1.29 is 0 Å². The number of fused-ring (bicyclic) bond motifs is 6. The van der Waals surface area contributed by atoms with Gasteiger partial charge in [0.05, 0.1) is 6.04 Å². The quantitative estimate of drug-likeness (QED) is 0.597. The van der Waals surface area contributed by atoms with E-state index in [9.17, 15) is 0 Å². The second-order valence-electron chi connectivity index (χ2n) is 6.23. The van der Waals surface area contributed by atoms with Crippen molar-refractivity contribution >= 4 is 24.3 Å². The van der Waals surface area contributed by atoms with Gasteiger partial charge in [-0.1, -0.05) is 18.7 Å².